The average molecular weight is 529 g/mol. The summed E-state index contributed by atoms with van der Waals surface area (Å²) < 4.78 is 0. The summed E-state index contributed by atoms with van der Waals surface area (Å²) in [7, 11) is 6.12. The first-order valence-corrected chi connectivity index (χ1v) is 13.6. The number of fused-ring (bicyclic) bond motifs is 2. The van der Waals surface area contributed by atoms with E-state index < -0.39 is 0 Å². The van der Waals surface area contributed by atoms with E-state index in [4.69, 9.17) is 10.7 Å². The number of likely N-dealkylation sites (N-methyl/N-ethyl adjacent to an activating group) is 1. The van der Waals surface area contributed by atoms with Gasteiger partial charge in [0.1, 0.15) is 11.4 Å². The van der Waals surface area contributed by atoms with Crippen LogP contribution in [0.15, 0.2) is 41.2 Å². The lowest BCUT2D eigenvalue weighted by atomic mass is 10.0. The third-order valence-electron chi connectivity index (χ3n) is 8.43. The molecule has 39 heavy (non-hydrogen) atoms. The molecule has 4 aromatic rings. The van der Waals surface area contributed by atoms with Crippen molar-refractivity contribution in [3.63, 3.8) is 0 Å². The van der Waals surface area contributed by atoms with Gasteiger partial charge < -0.3 is 35.3 Å². The second kappa shape index (κ2) is 10.0. The van der Waals surface area contributed by atoms with Crippen molar-refractivity contribution in [2.45, 2.75) is 18.9 Å². The monoisotopic (exact) mass is 528 g/mol. The molecule has 0 atom stereocenters. The molecule has 2 fully saturated rings. The Bertz CT molecular complexity index is 1590. The summed E-state index contributed by atoms with van der Waals surface area (Å²) in [6, 6.07) is 11.6. The van der Waals surface area contributed by atoms with Crippen LogP contribution in [0.25, 0.3) is 33.3 Å². The topological polar surface area (TPSA) is 118 Å². The first kappa shape index (κ1) is 25.4. The fourth-order valence-electron chi connectivity index (χ4n) is 5.82. The molecule has 0 bridgehead atoms. The number of hydrogen-bond donors (Lipinski definition) is 3. The highest BCUT2D eigenvalue weighted by molar-refractivity contribution is 6.03. The van der Waals surface area contributed by atoms with Crippen LogP contribution in [0.1, 0.15) is 23.2 Å². The molecule has 2 aliphatic heterocycles. The number of nitrogens with one attached hydrogen (secondary N) is 2. The van der Waals surface area contributed by atoms with Gasteiger partial charge >= 0.3 is 0 Å². The molecule has 10 heteroatoms. The largest absolute Gasteiger partial charge is 0.397 e. The van der Waals surface area contributed by atoms with Crippen LogP contribution >= 0.6 is 0 Å². The maximum absolute atomic E-state index is 13.4. The van der Waals surface area contributed by atoms with Crippen molar-refractivity contribution in [1.29, 1.82) is 0 Å². The lowest BCUT2D eigenvalue weighted by Gasteiger charge is -2.35. The van der Waals surface area contributed by atoms with E-state index in [-0.39, 0.29) is 23.1 Å². The summed E-state index contributed by atoms with van der Waals surface area (Å²) in [5.74, 6) is 0.375. The molecule has 4 N–H and O–H groups in total. The Kier molecular flexibility index (Phi) is 6.52. The van der Waals surface area contributed by atoms with Gasteiger partial charge in [0.2, 0.25) is 0 Å². The summed E-state index contributed by atoms with van der Waals surface area (Å²) in [6.07, 6.45) is 1.91. The number of benzene rings is 2. The Morgan fingerprint density at radius 2 is 1.67 bits per heavy atom. The number of hydrogen-bond acceptors (Lipinski definition) is 7. The van der Waals surface area contributed by atoms with Gasteiger partial charge in [0, 0.05) is 55.9 Å². The SMILES string of the molecule is CN1CCC(N(C)C(=O)c2ccc3[nH]c(=O)c(-c4nc5ccc(N6CCN(C)CC6)cc5[nH]4)c(N)c3c2)CC1. The highest BCUT2D eigenvalue weighted by Gasteiger charge is 2.25. The van der Waals surface area contributed by atoms with E-state index >= 15 is 0 Å². The van der Waals surface area contributed by atoms with Gasteiger partial charge in [-0.1, -0.05) is 0 Å². The first-order valence-electron chi connectivity index (χ1n) is 13.6. The van der Waals surface area contributed by atoms with Crippen molar-refractivity contribution in [2.24, 2.45) is 0 Å². The second-order valence-corrected chi connectivity index (χ2v) is 11.0. The number of amides is 1. The quantitative estimate of drug-likeness (QED) is 0.373. The lowest BCUT2D eigenvalue weighted by Crippen LogP contribution is -2.44. The highest BCUT2D eigenvalue weighted by atomic mass is 16.2. The van der Waals surface area contributed by atoms with Gasteiger partial charge in [-0.2, -0.15) is 0 Å². The van der Waals surface area contributed by atoms with Crippen LogP contribution in [0.3, 0.4) is 0 Å². The molecular formula is C29H36N8O2. The Hall–Kier alpha value is -3.89. The number of nitrogens with zero attached hydrogens (tertiary/aromatic N) is 5. The number of nitrogen functional groups attached to an aromatic ring is 1. The number of imidazole rings is 1. The highest BCUT2D eigenvalue weighted by Crippen LogP contribution is 2.31. The van der Waals surface area contributed by atoms with Gasteiger partial charge in [0.25, 0.3) is 11.5 Å². The van der Waals surface area contributed by atoms with Crippen molar-refractivity contribution in [1.82, 2.24) is 29.7 Å². The molecule has 204 valence electrons. The van der Waals surface area contributed by atoms with Crippen molar-refractivity contribution < 1.29 is 4.79 Å². The number of piperazine rings is 1. The number of likely N-dealkylation sites (tertiary alicyclic amines) is 1. The zero-order valence-electron chi connectivity index (χ0n) is 22.8. The summed E-state index contributed by atoms with van der Waals surface area (Å²) >= 11 is 0. The predicted octanol–water partition coefficient (Wildman–Crippen LogP) is 2.57. The Balaban J connectivity index is 1.33. The van der Waals surface area contributed by atoms with Crippen LogP contribution in [0.2, 0.25) is 0 Å². The minimum absolute atomic E-state index is 0.0428. The van der Waals surface area contributed by atoms with Gasteiger partial charge in [-0.05, 0) is 76.4 Å². The molecular weight excluding hydrogens is 492 g/mol. The predicted molar refractivity (Wildman–Crippen MR) is 156 cm³/mol. The number of pyridine rings is 1. The zero-order chi connectivity index (χ0) is 27.3. The van der Waals surface area contributed by atoms with Gasteiger partial charge in [-0.15, -0.1) is 0 Å². The van der Waals surface area contributed by atoms with Crippen molar-refractivity contribution in [3.8, 4) is 11.4 Å². The number of carbonyl (C=O) groups is 1. The van der Waals surface area contributed by atoms with Gasteiger partial charge in [-0.25, -0.2) is 4.98 Å². The maximum atomic E-state index is 13.4. The summed E-state index contributed by atoms with van der Waals surface area (Å²) in [5, 5.41) is 0.630. The third-order valence-corrected chi connectivity index (χ3v) is 8.43. The molecule has 0 saturated carbocycles. The summed E-state index contributed by atoms with van der Waals surface area (Å²) in [5.41, 5.74) is 10.8. The lowest BCUT2D eigenvalue weighted by molar-refractivity contribution is 0.0660. The van der Waals surface area contributed by atoms with Gasteiger partial charge in [0.05, 0.1) is 22.2 Å². The van der Waals surface area contributed by atoms with Crippen LogP contribution in [0.5, 0.6) is 0 Å². The number of anilines is 2. The standard InChI is InChI=1S/C29H36N8O2/c1-34-10-8-19(9-11-34)36(3)29(39)18-4-6-22-21(16-18)26(30)25(28(38)33-22)27-31-23-7-5-20(17-24(23)32-27)37-14-12-35(2)13-15-37/h4-7,16-17,19H,8-15H2,1-3H3,(H,31,32)(H3,30,33,38). The minimum Gasteiger partial charge on any atom is -0.397 e. The van der Waals surface area contributed by atoms with Crippen molar-refractivity contribution in [2.75, 3.05) is 71.0 Å². The third kappa shape index (κ3) is 4.74. The van der Waals surface area contributed by atoms with E-state index in [1.807, 2.05) is 18.0 Å². The average Bonchev–Trinajstić information content (AvgIpc) is 3.36. The fraction of sp³-hybridized carbons (Fsp3) is 0.414. The van der Waals surface area contributed by atoms with E-state index in [1.165, 1.54) is 0 Å². The molecule has 0 unspecified atom stereocenters. The van der Waals surface area contributed by atoms with Crippen LogP contribution < -0.4 is 16.2 Å². The molecule has 0 aliphatic carbocycles. The number of rotatable bonds is 4. The van der Waals surface area contributed by atoms with Crippen LogP contribution in [-0.2, 0) is 0 Å². The van der Waals surface area contributed by atoms with Crippen LogP contribution in [-0.4, -0.2) is 102 Å². The molecule has 1 amide bonds. The van der Waals surface area contributed by atoms with Crippen LogP contribution in [0, 0.1) is 0 Å². The van der Waals surface area contributed by atoms with E-state index in [9.17, 15) is 9.59 Å². The molecule has 2 aromatic carbocycles. The molecule has 0 radical (unpaired) electrons. The summed E-state index contributed by atoms with van der Waals surface area (Å²) in [4.78, 5) is 46.3. The number of aromatic nitrogens is 3. The van der Waals surface area contributed by atoms with E-state index in [1.54, 1.807) is 18.2 Å². The molecule has 10 nitrogen and oxygen atoms in total. The van der Waals surface area contributed by atoms with Crippen molar-refractivity contribution >= 4 is 39.2 Å². The number of piperidine rings is 1. The molecule has 2 aromatic heterocycles. The number of carbonyl (C=O) groups excluding carboxylic acids is 1. The fourth-order valence-corrected chi connectivity index (χ4v) is 5.82. The van der Waals surface area contributed by atoms with E-state index in [2.05, 4.69) is 50.9 Å². The second-order valence-electron chi connectivity index (χ2n) is 11.0. The number of H-pyrrole nitrogens is 2. The smallest absolute Gasteiger partial charge is 0.261 e. The number of nitrogens with two attached hydrogens (primary N) is 1. The Morgan fingerprint density at radius 1 is 0.949 bits per heavy atom. The van der Waals surface area contributed by atoms with Gasteiger partial charge in [0.15, 0.2) is 0 Å². The molecule has 2 aliphatic rings. The molecule has 0 spiro atoms. The van der Waals surface area contributed by atoms with E-state index in [0.717, 1.165) is 68.8 Å². The zero-order valence-corrected chi connectivity index (χ0v) is 22.8. The van der Waals surface area contributed by atoms with E-state index in [0.29, 0.717) is 28.0 Å². The normalized spacial score (nSPS) is 17.8. The molecule has 6 rings (SSSR count). The van der Waals surface area contributed by atoms with Crippen LogP contribution in [0.4, 0.5) is 11.4 Å². The van der Waals surface area contributed by atoms with Gasteiger partial charge in [-0.3, -0.25) is 9.59 Å². The minimum atomic E-state index is -0.319. The maximum Gasteiger partial charge on any atom is 0.261 e. The molecule has 2 saturated heterocycles. The van der Waals surface area contributed by atoms with Crippen molar-refractivity contribution in [3.05, 3.63) is 52.3 Å². The molecule has 4 heterocycles. The Morgan fingerprint density at radius 3 is 2.41 bits per heavy atom. The first-order chi connectivity index (χ1) is 18.8. The summed E-state index contributed by atoms with van der Waals surface area (Å²) in [6.45, 7) is 5.93. The number of aromatic amines is 2. The Labute approximate surface area is 227 Å².